The summed E-state index contributed by atoms with van der Waals surface area (Å²) in [5.41, 5.74) is 0.323. The number of carbonyl (C=O) groups is 1. The number of rotatable bonds is 4. The summed E-state index contributed by atoms with van der Waals surface area (Å²) in [7, 11) is 2.92. The molecule has 0 heterocycles. The highest BCUT2D eigenvalue weighted by molar-refractivity contribution is 7.99. The van der Waals surface area contributed by atoms with Crippen LogP contribution in [0.5, 0.6) is 11.5 Å². The molecule has 4 nitrogen and oxygen atoms in total. The second-order valence-electron chi connectivity index (χ2n) is 3.95. The van der Waals surface area contributed by atoms with E-state index in [4.69, 9.17) is 4.74 Å². The molecule has 2 aromatic rings. The van der Waals surface area contributed by atoms with Gasteiger partial charge < -0.3 is 14.6 Å². The Bertz CT molecular complexity index is 608. The molecule has 5 heteroatoms. The first-order valence-corrected chi connectivity index (χ1v) is 6.69. The van der Waals surface area contributed by atoms with Gasteiger partial charge in [0.1, 0.15) is 11.5 Å². The summed E-state index contributed by atoms with van der Waals surface area (Å²) < 4.78 is 9.69. The molecule has 1 N–H and O–H groups in total. The van der Waals surface area contributed by atoms with Crippen LogP contribution >= 0.6 is 11.8 Å². The molecule has 0 aliphatic carbocycles. The summed E-state index contributed by atoms with van der Waals surface area (Å²) in [6.07, 6.45) is 0. The van der Waals surface area contributed by atoms with Gasteiger partial charge in [-0.05, 0) is 42.5 Å². The van der Waals surface area contributed by atoms with E-state index < -0.39 is 5.97 Å². The third-order valence-corrected chi connectivity index (χ3v) is 3.74. The van der Waals surface area contributed by atoms with Gasteiger partial charge in [-0.1, -0.05) is 11.8 Å². The van der Waals surface area contributed by atoms with Crippen molar-refractivity contribution in [1.82, 2.24) is 0 Å². The van der Waals surface area contributed by atoms with E-state index in [1.165, 1.54) is 24.9 Å². The Morgan fingerprint density at radius 1 is 1.10 bits per heavy atom. The molecule has 0 saturated carbocycles. The predicted molar refractivity (Wildman–Crippen MR) is 76.6 cm³/mol. The lowest BCUT2D eigenvalue weighted by molar-refractivity contribution is 0.0600. The van der Waals surface area contributed by atoms with Gasteiger partial charge in [-0.3, -0.25) is 0 Å². The van der Waals surface area contributed by atoms with Crippen molar-refractivity contribution in [2.75, 3.05) is 14.2 Å². The second kappa shape index (κ2) is 6.34. The molecule has 2 aromatic carbocycles. The van der Waals surface area contributed by atoms with Gasteiger partial charge in [0.2, 0.25) is 0 Å². The van der Waals surface area contributed by atoms with Crippen LogP contribution in [0.25, 0.3) is 0 Å². The molecule has 0 aliphatic heterocycles. The normalized spacial score (nSPS) is 10.1. The van der Waals surface area contributed by atoms with Gasteiger partial charge in [0, 0.05) is 4.90 Å². The summed E-state index contributed by atoms with van der Waals surface area (Å²) in [5, 5.41) is 9.94. The Kier molecular flexibility index (Phi) is 4.53. The van der Waals surface area contributed by atoms with Crippen LogP contribution in [0.2, 0.25) is 0 Å². The molecule has 0 aliphatic rings. The zero-order valence-electron chi connectivity index (χ0n) is 11.1. The summed E-state index contributed by atoms with van der Waals surface area (Å²) >= 11 is 1.40. The number of aromatic hydroxyl groups is 1. The average Bonchev–Trinajstić information content (AvgIpc) is 2.49. The van der Waals surface area contributed by atoms with Crippen LogP contribution in [0.15, 0.2) is 52.3 Å². The number of esters is 1. The molecular weight excluding hydrogens is 276 g/mol. The molecule has 0 atom stereocenters. The third kappa shape index (κ3) is 3.24. The van der Waals surface area contributed by atoms with E-state index in [0.717, 1.165) is 10.6 Å². The second-order valence-corrected chi connectivity index (χ2v) is 5.07. The zero-order valence-corrected chi connectivity index (χ0v) is 11.9. The number of hydrogen-bond acceptors (Lipinski definition) is 5. The predicted octanol–water partition coefficient (Wildman–Crippen LogP) is 3.34. The number of hydrogen-bond donors (Lipinski definition) is 1. The van der Waals surface area contributed by atoms with Crippen molar-refractivity contribution in [2.24, 2.45) is 0 Å². The molecule has 0 bridgehead atoms. The van der Waals surface area contributed by atoms with Crippen molar-refractivity contribution in [3.63, 3.8) is 0 Å². The maximum atomic E-state index is 11.4. The molecule has 0 spiro atoms. The molecule has 0 radical (unpaired) electrons. The van der Waals surface area contributed by atoms with Gasteiger partial charge in [0.05, 0.1) is 24.7 Å². The third-order valence-electron chi connectivity index (χ3n) is 2.67. The fraction of sp³-hybridized carbons (Fsp3) is 0.133. The molecule has 0 fully saturated rings. The summed E-state index contributed by atoms with van der Waals surface area (Å²) in [6.45, 7) is 0. The number of ether oxygens (including phenoxy) is 2. The first kappa shape index (κ1) is 14.3. The minimum Gasteiger partial charge on any atom is -0.507 e. The number of phenols is 1. The quantitative estimate of drug-likeness (QED) is 0.875. The van der Waals surface area contributed by atoms with Crippen molar-refractivity contribution in [3.8, 4) is 11.5 Å². The highest BCUT2D eigenvalue weighted by Crippen LogP contribution is 2.35. The van der Waals surface area contributed by atoms with Gasteiger partial charge in [0.15, 0.2) is 0 Å². The molecule has 104 valence electrons. The van der Waals surface area contributed by atoms with E-state index in [0.29, 0.717) is 10.5 Å². The number of methoxy groups -OCH3 is 2. The lowest BCUT2D eigenvalue weighted by atomic mass is 10.2. The van der Waals surface area contributed by atoms with Gasteiger partial charge in [0.25, 0.3) is 0 Å². The van der Waals surface area contributed by atoms with Crippen LogP contribution < -0.4 is 4.74 Å². The van der Waals surface area contributed by atoms with E-state index in [1.54, 1.807) is 19.2 Å². The van der Waals surface area contributed by atoms with E-state index in [-0.39, 0.29) is 5.75 Å². The largest absolute Gasteiger partial charge is 0.507 e. The van der Waals surface area contributed by atoms with Crippen molar-refractivity contribution in [3.05, 3.63) is 48.0 Å². The fourth-order valence-electron chi connectivity index (χ4n) is 1.62. The fourth-order valence-corrected chi connectivity index (χ4v) is 2.44. The lowest BCUT2D eigenvalue weighted by Crippen LogP contribution is -2.00. The maximum Gasteiger partial charge on any atom is 0.337 e. The molecule has 0 unspecified atom stereocenters. The van der Waals surface area contributed by atoms with E-state index in [1.807, 2.05) is 24.3 Å². The standard InChI is InChI=1S/C15H14O4S/c1-18-11-4-6-12(7-5-11)20-14-8-3-10(9-13(14)16)15(17)19-2/h3-9,16H,1-2H3. The Morgan fingerprint density at radius 2 is 1.80 bits per heavy atom. The van der Waals surface area contributed by atoms with E-state index in [9.17, 15) is 9.90 Å². The zero-order chi connectivity index (χ0) is 14.5. The minimum atomic E-state index is -0.471. The van der Waals surface area contributed by atoms with Gasteiger partial charge in [-0.25, -0.2) is 4.79 Å². The Morgan fingerprint density at radius 3 is 2.35 bits per heavy atom. The molecule has 2 rings (SSSR count). The lowest BCUT2D eigenvalue weighted by Gasteiger charge is -2.07. The minimum absolute atomic E-state index is 0.0497. The average molecular weight is 290 g/mol. The summed E-state index contributed by atoms with van der Waals surface area (Å²) in [4.78, 5) is 13.0. The molecule has 0 saturated heterocycles. The Hall–Kier alpha value is -2.14. The van der Waals surface area contributed by atoms with Crippen LogP contribution in [-0.2, 0) is 4.74 Å². The van der Waals surface area contributed by atoms with Crippen LogP contribution in [-0.4, -0.2) is 25.3 Å². The molecule has 0 aromatic heterocycles. The first-order valence-electron chi connectivity index (χ1n) is 5.87. The van der Waals surface area contributed by atoms with Crippen LogP contribution in [0.3, 0.4) is 0 Å². The van der Waals surface area contributed by atoms with E-state index in [2.05, 4.69) is 4.74 Å². The summed E-state index contributed by atoms with van der Waals surface area (Å²) in [6, 6.07) is 12.2. The summed E-state index contributed by atoms with van der Waals surface area (Å²) in [5.74, 6) is 0.356. The van der Waals surface area contributed by atoms with Crippen molar-refractivity contribution < 1.29 is 19.4 Å². The number of benzene rings is 2. The van der Waals surface area contributed by atoms with Crippen molar-refractivity contribution in [2.45, 2.75) is 9.79 Å². The van der Waals surface area contributed by atoms with Crippen molar-refractivity contribution >= 4 is 17.7 Å². The number of carbonyl (C=O) groups excluding carboxylic acids is 1. The van der Waals surface area contributed by atoms with Crippen LogP contribution in [0.4, 0.5) is 0 Å². The first-order chi connectivity index (χ1) is 9.63. The topological polar surface area (TPSA) is 55.8 Å². The SMILES string of the molecule is COC(=O)c1ccc(Sc2ccc(OC)cc2)c(O)c1. The van der Waals surface area contributed by atoms with Gasteiger partial charge >= 0.3 is 5.97 Å². The molecular formula is C15H14O4S. The molecule has 0 amide bonds. The highest BCUT2D eigenvalue weighted by atomic mass is 32.2. The maximum absolute atomic E-state index is 11.4. The van der Waals surface area contributed by atoms with E-state index >= 15 is 0 Å². The highest BCUT2D eigenvalue weighted by Gasteiger charge is 2.10. The number of phenolic OH excluding ortho intramolecular Hbond substituents is 1. The van der Waals surface area contributed by atoms with Crippen LogP contribution in [0, 0.1) is 0 Å². The monoisotopic (exact) mass is 290 g/mol. The molecule has 20 heavy (non-hydrogen) atoms. The Balaban J connectivity index is 2.18. The van der Waals surface area contributed by atoms with Gasteiger partial charge in [-0.15, -0.1) is 0 Å². The smallest absolute Gasteiger partial charge is 0.337 e. The van der Waals surface area contributed by atoms with Crippen molar-refractivity contribution in [1.29, 1.82) is 0 Å². The van der Waals surface area contributed by atoms with Crippen LogP contribution in [0.1, 0.15) is 10.4 Å². The Labute approximate surface area is 121 Å². The van der Waals surface area contributed by atoms with Gasteiger partial charge in [-0.2, -0.15) is 0 Å².